The molecule has 1 N–H and O–H groups in total. The third-order valence-electron chi connectivity index (χ3n) is 8.41. The number of benzene rings is 2. The van der Waals surface area contributed by atoms with Crippen molar-refractivity contribution < 1.29 is 4.79 Å². The van der Waals surface area contributed by atoms with E-state index in [-0.39, 0.29) is 6.03 Å². The molecule has 4 aliphatic carbocycles. The Balaban J connectivity index is 1.07. The maximum Gasteiger partial charge on any atom is 0.321 e. The molecule has 2 aromatic rings. The topological polar surface area (TPSA) is 35.6 Å². The molecular weight excluding hydrogens is 370 g/mol. The van der Waals surface area contributed by atoms with Gasteiger partial charge in [0.1, 0.15) is 0 Å². The highest BCUT2D eigenvalue weighted by atomic mass is 16.2. The molecule has 4 nitrogen and oxygen atoms in total. The highest BCUT2D eigenvalue weighted by molar-refractivity contribution is 6.01. The lowest BCUT2D eigenvalue weighted by molar-refractivity contribution is -0.0723. The van der Waals surface area contributed by atoms with E-state index in [1.807, 2.05) is 29.2 Å². The van der Waals surface area contributed by atoms with E-state index >= 15 is 0 Å². The number of hydrogen-bond donors (Lipinski definition) is 1. The highest BCUT2D eigenvalue weighted by Crippen LogP contribution is 2.60. The standard InChI is InChI=1S/C26H33N3O/c30-25(27-24-7-3-5-22-4-1-2-6-23(22)24)29-10-8-28(9-11-29)18-26-15-19-12-20(16-26)14-21(13-19)17-26/h1-7,19-21H,8-18H2,(H,27,30). The number of amides is 2. The number of carbonyl (C=O) groups excluding carboxylic acids is 1. The second-order valence-electron chi connectivity index (χ2n) is 10.6. The van der Waals surface area contributed by atoms with E-state index < -0.39 is 0 Å². The Morgan fingerprint density at radius 2 is 1.50 bits per heavy atom. The Morgan fingerprint density at radius 1 is 0.867 bits per heavy atom. The van der Waals surface area contributed by atoms with Gasteiger partial charge in [-0.2, -0.15) is 0 Å². The van der Waals surface area contributed by atoms with Gasteiger partial charge < -0.3 is 10.2 Å². The minimum atomic E-state index is 0.0424. The zero-order valence-corrected chi connectivity index (χ0v) is 17.9. The van der Waals surface area contributed by atoms with Crippen LogP contribution in [-0.4, -0.2) is 48.6 Å². The minimum Gasteiger partial charge on any atom is -0.322 e. The zero-order chi connectivity index (χ0) is 20.1. The summed E-state index contributed by atoms with van der Waals surface area (Å²) in [7, 11) is 0. The summed E-state index contributed by atoms with van der Waals surface area (Å²) in [6.07, 6.45) is 8.96. The lowest BCUT2D eigenvalue weighted by atomic mass is 9.49. The molecule has 5 aliphatic rings. The van der Waals surface area contributed by atoms with Gasteiger partial charge in [0.25, 0.3) is 0 Å². The van der Waals surface area contributed by atoms with Crippen molar-refractivity contribution in [1.29, 1.82) is 0 Å². The third kappa shape index (κ3) is 3.39. The Bertz CT molecular complexity index is 906. The number of hydrogen-bond acceptors (Lipinski definition) is 2. The predicted octanol–water partition coefficient (Wildman–Crippen LogP) is 5.21. The van der Waals surface area contributed by atoms with Crippen LogP contribution < -0.4 is 5.32 Å². The zero-order valence-electron chi connectivity index (χ0n) is 17.9. The molecule has 1 saturated heterocycles. The van der Waals surface area contributed by atoms with Crippen LogP contribution in [0.25, 0.3) is 10.8 Å². The second-order valence-corrected chi connectivity index (χ2v) is 10.6. The van der Waals surface area contributed by atoms with E-state index in [0.717, 1.165) is 60.4 Å². The van der Waals surface area contributed by atoms with Gasteiger partial charge in [0.2, 0.25) is 0 Å². The van der Waals surface area contributed by atoms with Crippen molar-refractivity contribution in [1.82, 2.24) is 9.80 Å². The van der Waals surface area contributed by atoms with Crippen molar-refractivity contribution in [3.8, 4) is 0 Å². The molecule has 0 spiro atoms. The summed E-state index contributed by atoms with van der Waals surface area (Å²) in [5.74, 6) is 3.05. The van der Waals surface area contributed by atoms with Gasteiger partial charge >= 0.3 is 6.03 Å². The summed E-state index contributed by atoms with van der Waals surface area (Å²) < 4.78 is 0. The number of anilines is 1. The van der Waals surface area contributed by atoms with E-state index in [2.05, 4.69) is 28.4 Å². The molecule has 1 heterocycles. The van der Waals surface area contributed by atoms with E-state index in [4.69, 9.17) is 0 Å². The average Bonchev–Trinajstić information content (AvgIpc) is 2.73. The summed E-state index contributed by atoms with van der Waals surface area (Å²) >= 11 is 0. The van der Waals surface area contributed by atoms with Crippen molar-refractivity contribution in [2.24, 2.45) is 23.2 Å². The first-order valence-corrected chi connectivity index (χ1v) is 11.9. The van der Waals surface area contributed by atoms with Gasteiger partial charge in [0.05, 0.1) is 5.69 Å². The Kier molecular flexibility index (Phi) is 4.52. The number of piperazine rings is 1. The number of fused-ring (bicyclic) bond motifs is 1. The maximum atomic E-state index is 12.9. The van der Waals surface area contributed by atoms with Gasteiger partial charge in [-0.05, 0) is 73.1 Å². The number of nitrogens with one attached hydrogen (secondary N) is 1. The molecule has 2 aromatic carbocycles. The molecular formula is C26H33N3O. The van der Waals surface area contributed by atoms with E-state index in [0.29, 0.717) is 5.41 Å². The Hall–Kier alpha value is -2.07. The molecule has 0 aromatic heterocycles. The molecule has 0 atom stereocenters. The van der Waals surface area contributed by atoms with Crippen LogP contribution in [-0.2, 0) is 0 Å². The molecule has 2 amide bonds. The van der Waals surface area contributed by atoms with Crippen LogP contribution in [0.1, 0.15) is 38.5 Å². The van der Waals surface area contributed by atoms with Gasteiger partial charge in [-0.1, -0.05) is 36.4 Å². The van der Waals surface area contributed by atoms with Crippen molar-refractivity contribution >= 4 is 22.5 Å². The SMILES string of the molecule is O=C(Nc1cccc2ccccc12)N1CCN(CC23CC4CC(CC(C4)C2)C3)CC1. The summed E-state index contributed by atoms with van der Waals surface area (Å²) in [6.45, 7) is 4.98. The summed E-state index contributed by atoms with van der Waals surface area (Å²) in [5.41, 5.74) is 1.51. The second kappa shape index (κ2) is 7.26. The molecule has 4 saturated carbocycles. The fraction of sp³-hybridized carbons (Fsp3) is 0.577. The Morgan fingerprint density at radius 3 is 2.20 bits per heavy atom. The molecule has 1 aliphatic heterocycles. The van der Waals surface area contributed by atoms with Gasteiger partial charge in [0.15, 0.2) is 0 Å². The highest BCUT2D eigenvalue weighted by Gasteiger charge is 2.51. The first kappa shape index (κ1) is 18.7. The maximum absolute atomic E-state index is 12.9. The number of nitrogens with zero attached hydrogens (tertiary/aromatic N) is 2. The third-order valence-corrected chi connectivity index (χ3v) is 8.41. The predicted molar refractivity (Wildman–Crippen MR) is 122 cm³/mol. The minimum absolute atomic E-state index is 0.0424. The molecule has 5 fully saturated rings. The van der Waals surface area contributed by atoms with Crippen molar-refractivity contribution in [3.63, 3.8) is 0 Å². The lowest BCUT2D eigenvalue weighted by Crippen LogP contribution is -2.56. The largest absolute Gasteiger partial charge is 0.322 e. The van der Waals surface area contributed by atoms with Crippen LogP contribution in [0.2, 0.25) is 0 Å². The van der Waals surface area contributed by atoms with Crippen LogP contribution in [0.15, 0.2) is 42.5 Å². The average molecular weight is 404 g/mol. The molecule has 7 rings (SSSR count). The molecule has 0 radical (unpaired) electrons. The van der Waals surface area contributed by atoms with Gasteiger partial charge in [-0.25, -0.2) is 4.79 Å². The van der Waals surface area contributed by atoms with Crippen molar-refractivity contribution in [2.45, 2.75) is 38.5 Å². The first-order valence-electron chi connectivity index (χ1n) is 11.9. The summed E-state index contributed by atoms with van der Waals surface area (Å²) in [5, 5.41) is 5.43. The van der Waals surface area contributed by atoms with Crippen LogP contribution in [0, 0.1) is 23.2 Å². The lowest BCUT2D eigenvalue weighted by Gasteiger charge is -2.58. The van der Waals surface area contributed by atoms with Crippen molar-refractivity contribution in [2.75, 3.05) is 38.0 Å². The molecule has 4 bridgehead atoms. The fourth-order valence-electron chi connectivity index (χ4n) is 7.60. The Labute approximate surface area is 179 Å². The molecule has 158 valence electrons. The quantitative estimate of drug-likeness (QED) is 0.764. The van der Waals surface area contributed by atoms with E-state index in [1.54, 1.807) is 0 Å². The molecule has 4 heteroatoms. The van der Waals surface area contributed by atoms with Crippen LogP contribution in [0.3, 0.4) is 0 Å². The van der Waals surface area contributed by atoms with Gasteiger partial charge in [-0.3, -0.25) is 4.90 Å². The summed E-state index contributed by atoms with van der Waals surface area (Å²) in [6, 6.07) is 14.4. The van der Waals surface area contributed by atoms with Gasteiger partial charge in [0, 0.05) is 38.1 Å². The summed E-state index contributed by atoms with van der Waals surface area (Å²) in [4.78, 5) is 17.6. The molecule has 30 heavy (non-hydrogen) atoms. The smallest absolute Gasteiger partial charge is 0.321 e. The van der Waals surface area contributed by atoms with E-state index in [1.165, 1.54) is 45.1 Å². The normalized spacial score (nSPS) is 33.2. The monoisotopic (exact) mass is 403 g/mol. The van der Waals surface area contributed by atoms with Crippen molar-refractivity contribution in [3.05, 3.63) is 42.5 Å². The first-order chi connectivity index (χ1) is 14.7. The number of urea groups is 1. The number of rotatable bonds is 3. The van der Waals surface area contributed by atoms with E-state index in [9.17, 15) is 4.79 Å². The van der Waals surface area contributed by atoms with Crippen LogP contribution >= 0.6 is 0 Å². The van der Waals surface area contributed by atoms with Gasteiger partial charge in [-0.15, -0.1) is 0 Å². The fourth-order valence-corrected chi connectivity index (χ4v) is 7.60. The van der Waals surface area contributed by atoms with Crippen LogP contribution in [0.4, 0.5) is 10.5 Å². The number of carbonyl (C=O) groups is 1. The van der Waals surface area contributed by atoms with Crippen LogP contribution in [0.5, 0.6) is 0 Å². The molecule has 0 unspecified atom stereocenters.